The Balaban J connectivity index is 0.00000220. The van der Waals surface area contributed by atoms with Crippen molar-refractivity contribution in [2.75, 3.05) is 46.4 Å². The Kier molecular flexibility index (Phi) is 10.6. The lowest BCUT2D eigenvalue weighted by molar-refractivity contribution is -0.137. The number of hydrogen-bond donors (Lipinski definition) is 2. The number of rotatable bonds is 5. The van der Waals surface area contributed by atoms with Gasteiger partial charge in [0.1, 0.15) is 0 Å². The Bertz CT molecular complexity index is 312. The van der Waals surface area contributed by atoms with E-state index in [0.29, 0.717) is 12.6 Å². The van der Waals surface area contributed by atoms with Gasteiger partial charge in [0.15, 0.2) is 0 Å². The Morgan fingerprint density at radius 1 is 1.27 bits per heavy atom. The first-order valence-corrected chi connectivity index (χ1v) is 7.93. The molecule has 0 bridgehead atoms. The lowest BCUT2D eigenvalue weighted by Crippen LogP contribution is -2.54. The molecule has 0 aromatic carbocycles. The molecule has 0 aromatic rings. The van der Waals surface area contributed by atoms with E-state index in [1.807, 2.05) is 0 Å². The fraction of sp³-hybridized carbons (Fsp3) is 0.933. The molecule has 0 unspecified atom stereocenters. The first-order chi connectivity index (χ1) is 9.70. The van der Waals surface area contributed by atoms with Crippen molar-refractivity contribution < 1.29 is 9.53 Å². The van der Waals surface area contributed by atoms with Gasteiger partial charge in [0.05, 0.1) is 12.0 Å². The van der Waals surface area contributed by atoms with Crippen LogP contribution in [0.4, 0.5) is 0 Å². The average molecular weight is 356 g/mol. The second kappa shape index (κ2) is 10.7. The monoisotopic (exact) mass is 355 g/mol. The normalized spacial score (nSPS) is 22.3. The SMILES string of the molecule is CCN1CCC(NC(=O)C2(COC)CCNCC2)CC1.Cl.Cl. The molecule has 2 N–H and O–H groups in total. The van der Waals surface area contributed by atoms with Crippen molar-refractivity contribution in [3.05, 3.63) is 0 Å². The van der Waals surface area contributed by atoms with Crippen LogP contribution in [0.3, 0.4) is 0 Å². The molecule has 1 amide bonds. The molecule has 2 rings (SSSR count). The first kappa shape index (κ1) is 21.9. The van der Waals surface area contributed by atoms with Crippen molar-refractivity contribution in [3.8, 4) is 0 Å². The molecular weight excluding hydrogens is 325 g/mol. The van der Waals surface area contributed by atoms with Gasteiger partial charge in [-0.1, -0.05) is 6.92 Å². The van der Waals surface area contributed by atoms with E-state index in [1.165, 1.54) is 0 Å². The van der Waals surface area contributed by atoms with Crippen molar-refractivity contribution in [3.63, 3.8) is 0 Å². The number of carbonyl (C=O) groups is 1. The number of nitrogens with one attached hydrogen (secondary N) is 2. The maximum Gasteiger partial charge on any atom is 0.228 e. The Morgan fingerprint density at radius 2 is 1.86 bits per heavy atom. The van der Waals surface area contributed by atoms with Crippen molar-refractivity contribution in [2.45, 2.75) is 38.6 Å². The number of carbonyl (C=O) groups excluding carboxylic acids is 1. The quantitative estimate of drug-likeness (QED) is 0.783. The summed E-state index contributed by atoms with van der Waals surface area (Å²) < 4.78 is 5.33. The zero-order valence-electron chi connectivity index (χ0n) is 13.7. The second-order valence-corrected chi connectivity index (χ2v) is 6.15. The van der Waals surface area contributed by atoms with Crippen LogP contribution >= 0.6 is 24.8 Å². The summed E-state index contributed by atoms with van der Waals surface area (Å²) in [5.74, 6) is 0.204. The number of likely N-dealkylation sites (tertiary alicyclic amines) is 1. The number of nitrogens with zero attached hydrogens (tertiary/aromatic N) is 1. The van der Waals surface area contributed by atoms with Crippen LogP contribution in [-0.2, 0) is 9.53 Å². The minimum atomic E-state index is -0.318. The van der Waals surface area contributed by atoms with E-state index in [-0.39, 0.29) is 36.1 Å². The van der Waals surface area contributed by atoms with Crippen LogP contribution in [0.5, 0.6) is 0 Å². The molecule has 0 saturated carbocycles. The van der Waals surface area contributed by atoms with Gasteiger partial charge in [-0.2, -0.15) is 0 Å². The minimum Gasteiger partial charge on any atom is -0.384 e. The number of methoxy groups -OCH3 is 1. The zero-order chi connectivity index (χ0) is 14.4. The molecule has 5 nitrogen and oxygen atoms in total. The number of ether oxygens (including phenoxy) is 1. The van der Waals surface area contributed by atoms with E-state index in [4.69, 9.17) is 4.74 Å². The van der Waals surface area contributed by atoms with Crippen molar-refractivity contribution in [1.29, 1.82) is 0 Å². The standard InChI is InChI=1S/C15H29N3O2.2ClH/c1-3-18-10-4-13(5-11-18)17-14(19)15(12-20-2)6-8-16-9-7-15;;/h13,16H,3-12H2,1-2H3,(H,17,19);2*1H. The van der Waals surface area contributed by atoms with E-state index in [9.17, 15) is 4.79 Å². The second-order valence-electron chi connectivity index (χ2n) is 6.15. The largest absolute Gasteiger partial charge is 0.384 e. The van der Waals surface area contributed by atoms with E-state index < -0.39 is 0 Å². The topological polar surface area (TPSA) is 53.6 Å². The smallest absolute Gasteiger partial charge is 0.228 e. The maximum absolute atomic E-state index is 12.7. The van der Waals surface area contributed by atoms with Gasteiger partial charge in [-0.3, -0.25) is 4.79 Å². The molecule has 0 aliphatic carbocycles. The highest BCUT2D eigenvalue weighted by Crippen LogP contribution is 2.30. The van der Waals surface area contributed by atoms with Crippen LogP contribution in [0.25, 0.3) is 0 Å². The van der Waals surface area contributed by atoms with E-state index >= 15 is 0 Å². The molecule has 2 heterocycles. The molecule has 2 aliphatic heterocycles. The third kappa shape index (κ3) is 5.53. The molecule has 22 heavy (non-hydrogen) atoms. The summed E-state index contributed by atoms with van der Waals surface area (Å²) >= 11 is 0. The van der Waals surface area contributed by atoms with Gasteiger partial charge >= 0.3 is 0 Å². The minimum absolute atomic E-state index is 0. The molecule has 132 valence electrons. The van der Waals surface area contributed by atoms with Gasteiger partial charge in [-0.15, -0.1) is 24.8 Å². The fourth-order valence-electron chi connectivity index (χ4n) is 3.35. The van der Waals surface area contributed by atoms with Crippen molar-refractivity contribution in [1.82, 2.24) is 15.5 Å². The Labute approximate surface area is 146 Å². The third-order valence-corrected chi connectivity index (χ3v) is 4.83. The molecule has 2 fully saturated rings. The summed E-state index contributed by atoms with van der Waals surface area (Å²) in [5.41, 5.74) is -0.318. The van der Waals surface area contributed by atoms with Gasteiger partial charge in [0.25, 0.3) is 0 Å². The summed E-state index contributed by atoms with van der Waals surface area (Å²) in [6.07, 6.45) is 3.89. The van der Waals surface area contributed by atoms with E-state index in [1.54, 1.807) is 7.11 Å². The van der Waals surface area contributed by atoms with Crippen LogP contribution in [0.2, 0.25) is 0 Å². The van der Waals surface area contributed by atoms with Gasteiger partial charge < -0.3 is 20.3 Å². The molecule has 0 spiro atoms. The van der Waals surface area contributed by atoms with E-state index in [2.05, 4.69) is 22.5 Å². The van der Waals surface area contributed by atoms with Crippen molar-refractivity contribution in [2.24, 2.45) is 5.41 Å². The highest BCUT2D eigenvalue weighted by molar-refractivity contribution is 5.85. The molecule has 0 atom stereocenters. The van der Waals surface area contributed by atoms with Gasteiger partial charge in [-0.25, -0.2) is 0 Å². The lowest BCUT2D eigenvalue weighted by Gasteiger charge is -2.38. The third-order valence-electron chi connectivity index (χ3n) is 4.83. The molecular formula is C15H31Cl2N3O2. The summed E-state index contributed by atoms with van der Waals surface area (Å²) in [6, 6.07) is 0.342. The highest BCUT2D eigenvalue weighted by Gasteiger charge is 2.40. The van der Waals surface area contributed by atoms with Crippen LogP contribution in [-0.4, -0.2) is 63.3 Å². The van der Waals surface area contributed by atoms with Crippen LogP contribution < -0.4 is 10.6 Å². The predicted octanol–water partition coefficient (Wildman–Crippen LogP) is 1.45. The lowest BCUT2D eigenvalue weighted by atomic mass is 9.78. The van der Waals surface area contributed by atoms with Crippen LogP contribution in [0, 0.1) is 5.41 Å². The van der Waals surface area contributed by atoms with Crippen LogP contribution in [0.15, 0.2) is 0 Å². The number of amides is 1. The average Bonchev–Trinajstić information content (AvgIpc) is 2.49. The summed E-state index contributed by atoms with van der Waals surface area (Å²) in [4.78, 5) is 15.1. The summed E-state index contributed by atoms with van der Waals surface area (Å²) in [5, 5.41) is 6.61. The fourth-order valence-corrected chi connectivity index (χ4v) is 3.35. The molecule has 0 radical (unpaired) electrons. The van der Waals surface area contributed by atoms with Crippen molar-refractivity contribution >= 4 is 30.7 Å². The van der Waals surface area contributed by atoms with E-state index in [0.717, 1.165) is 58.4 Å². The van der Waals surface area contributed by atoms with Crippen LogP contribution in [0.1, 0.15) is 32.6 Å². The van der Waals surface area contributed by atoms with Gasteiger partial charge in [0.2, 0.25) is 5.91 Å². The zero-order valence-corrected chi connectivity index (χ0v) is 15.4. The maximum atomic E-state index is 12.7. The molecule has 0 aromatic heterocycles. The van der Waals surface area contributed by atoms with Gasteiger partial charge in [-0.05, 0) is 45.3 Å². The van der Waals surface area contributed by atoms with Gasteiger partial charge in [0, 0.05) is 26.2 Å². The molecule has 2 aliphatic rings. The summed E-state index contributed by atoms with van der Waals surface area (Å²) in [7, 11) is 1.69. The highest BCUT2D eigenvalue weighted by atomic mass is 35.5. The Hall–Kier alpha value is -0.0700. The number of halogens is 2. The molecule has 2 saturated heterocycles. The number of hydrogen-bond acceptors (Lipinski definition) is 4. The Morgan fingerprint density at radius 3 is 2.36 bits per heavy atom. The first-order valence-electron chi connectivity index (χ1n) is 7.93. The molecule has 7 heteroatoms. The summed E-state index contributed by atoms with van der Waals surface area (Å²) in [6.45, 7) is 7.85. The number of piperidine rings is 2. The predicted molar refractivity (Wildman–Crippen MR) is 94.2 cm³/mol.